The second-order valence-electron chi connectivity index (χ2n) is 9.59. The normalized spacial score (nSPS) is 12.4. The lowest BCUT2D eigenvalue weighted by atomic mass is 10.1. The third-order valence-electron chi connectivity index (χ3n) is 5.36. The average molecular weight is 504 g/mol. The summed E-state index contributed by atoms with van der Waals surface area (Å²) in [5.41, 5.74) is 1.91. The molecule has 1 atom stereocenters. The molecule has 1 amide bonds. The van der Waals surface area contributed by atoms with Gasteiger partial charge in [0.05, 0.1) is 47.4 Å². The number of hydrogen-bond acceptors (Lipinski definition) is 8. The number of rotatable bonds is 8. The van der Waals surface area contributed by atoms with E-state index in [1.807, 2.05) is 26.8 Å². The first kappa shape index (κ1) is 25.7. The highest BCUT2D eigenvalue weighted by molar-refractivity contribution is 5.86. The van der Waals surface area contributed by atoms with E-state index in [1.165, 1.54) is 21.6 Å². The van der Waals surface area contributed by atoms with Crippen molar-refractivity contribution < 1.29 is 19.4 Å². The summed E-state index contributed by atoms with van der Waals surface area (Å²) in [6, 6.07) is 6.73. The number of carbonyl (C=O) groups is 1. The molecule has 0 spiro atoms. The number of amides is 1. The molecule has 4 aromatic heterocycles. The summed E-state index contributed by atoms with van der Waals surface area (Å²) in [4.78, 5) is 17.2. The third-order valence-corrected chi connectivity index (χ3v) is 5.36. The van der Waals surface area contributed by atoms with Crippen molar-refractivity contribution in [3.8, 4) is 28.8 Å². The molecule has 0 saturated heterocycles. The highest BCUT2D eigenvalue weighted by atomic mass is 16.5. The van der Waals surface area contributed by atoms with Gasteiger partial charge in [0, 0.05) is 29.6 Å². The van der Waals surface area contributed by atoms with Gasteiger partial charge in [0.15, 0.2) is 0 Å². The Kier molecular flexibility index (Phi) is 7.13. The molecule has 0 saturated carbocycles. The lowest BCUT2D eigenvalue weighted by Gasteiger charge is -2.18. The van der Waals surface area contributed by atoms with Crippen LogP contribution in [0.5, 0.6) is 11.6 Å². The summed E-state index contributed by atoms with van der Waals surface area (Å²) in [7, 11) is 0. The predicted octanol–water partition coefficient (Wildman–Crippen LogP) is 3.72. The second-order valence-corrected chi connectivity index (χ2v) is 9.59. The zero-order valence-electron chi connectivity index (χ0n) is 21.3. The molecule has 0 fully saturated rings. The third kappa shape index (κ3) is 6.05. The summed E-state index contributed by atoms with van der Waals surface area (Å²) >= 11 is 0. The number of aliphatic hydroxyl groups is 1. The molecule has 11 nitrogen and oxygen atoms in total. The van der Waals surface area contributed by atoms with Crippen LogP contribution in [0.2, 0.25) is 0 Å². The number of fused-ring (bicyclic) bond motifs is 1. The fraction of sp³-hybridized carbons (Fsp3) is 0.346. The molecule has 0 radical (unpaired) electrons. The van der Waals surface area contributed by atoms with Gasteiger partial charge in [0.25, 0.3) is 0 Å². The molecular weight excluding hydrogens is 474 g/mol. The Bertz CT molecular complexity index is 1440. The van der Waals surface area contributed by atoms with E-state index in [9.17, 15) is 15.2 Å². The van der Waals surface area contributed by atoms with Crippen molar-refractivity contribution in [1.82, 2.24) is 29.7 Å². The maximum atomic E-state index is 12.9. The van der Waals surface area contributed by atoms with E-state index in [0.717, 1.165) is 5.56 Å². The molecule has 0 aliphatic rings. The van der Waals surface area contributed by atoms with Crippen molar-refractivity contribution >= 4 is 11.5 Å². The minimum Gasteiger partial charge on any atom is -0.489 e. The van der Waals surface area contributed by atoms with Gasteiger partial charge in [-0.3, -0.25) is 0 Å². The van der Waals surface area contributed by atoms with Gasteiger partial charge in [-0.1, -0.05) is 6.07 Å². The number of nitrogens with one attached hydrogen (secondary N) is 1. The van der Waals surface area contributed by atoms with Crippen molar-refractivity contribution in [3.63, 3.8) is 0 Å². The summed E-state index contributed by atoms with van der Waals surface area (Å²) < 4.78 is 14.0. The average Bonchev–Trinajstić information content (AvgIpc) is 3.49. The smallest absolute Gasteiger partial charge is 0.342 e. The molecule has 2 N–H and O–H groups in total. The van der Waals surface area contributed by atoms with Crippen LogP contribution in [0.1, 0.15) is 51.8 Å². The van der Waals surface area contributed by atoms with Gasteiger partial charge in [0.2, 0.25) is 5.88 Å². The molecule has 4 heterocycles. The highest BCUT2D eigenvalue weighted by Gasteiger charge is 2.19. The van der Waals surface area contributed by atoms with Crippen LogP contribution in [0.25, 0.3) is 16.6 Å². The van der Waals surface area contributed by atoms with Crippen molar-refractivity contribution in [3.05, 3.63) is 60.3 Å². The summed E-state index contributed by atoms with van der Waals surface area (Å²) in [5, 5.41) is 31.0. The maximum absolute atomic E-state index is 12.9. The number of pyridine rings is 2. The number of aromatic nitrogens is 5. The van der Waals surface area contributed by atoms with E-state index in [4.69, 9.17) is 9.47 Å². The molecule has 0 aromatic carbocycles. The van der Waals surface area contributed by atoms with Crippen LogP contribution in [-0.2, 0) is 0 Å². The molecule has 37 heavy (non-hydrogen) atoms. The van der Waals surface area contributed by atoms with Crippen molar-refractivity contribution in [1.29, 1.82) is 5.26 Å². The summed E-state index contributed by atoms with van der Waals surface area (Å²) in [5.74, 6) is 0.964. The Morgan fingerprint density at radius 1 is 1.19 bits per heavy atom. The van der Waals surface area contributed by atoms with Crippen LogP contribution in [0, 0.1) is 11.3 Å². The topological polar surface area (TPSA) is 140 Å². The van der Waals surface area contributed by atoms with Gasteiger partial charge in [-0.05, 0) is 46.2 Å². The Morgan fingerprint density at radius 3 is 2.62 bits per heavy atom. The van der Waals surface area contributed by atoms with E-state index < -0.39 is 11.6 Å². The fourth-order valence-electron chi connectivity index (χ4n) is 3.60. The number of carbonyl (C=O) groups excluding carboxylic acids is 1. The first-order valence-electron chi connectivity index (χ1n) is 11.8. The molecule has 4 aromatic rings. The van der Waals surface area contributed by atoms with Gasteiger partial charge in [-0.15, -0.1) is 0 Å². The second kappa shape index (κ2) is 10.3. The van der Waals surface area contributed by atoms with Crippen molar-refractivity contribution in [2.45, 2.75) is 52.4 Å². The van der Waals surface area contributed by atoms with Crippen LogP contribution in [0.15, 0.2) is 49.2 Å². The fourth-order valence-corrected chi connectivity index (χ4v) is 3.60. The molecule has 4 rings (SSSR count). The van der Waals surface area contributed by atoms with Gasteiger partial charge in [-0.2, -0.15) is 20.1 Å². The molecule has 11 heteroatoms. The zero-order chi connectivity index (χ0) is 26.7. The lowest BCUT2D eigenvalue weighted by Crippen LogP contribution is -2.31. The molecule has 0 aliphatic heterocycles. The quantitative estimate of drug-likeness (QED) is 0.371. The number of hydrogen-bond donors (Lipinski definition) is 2. The Morgan fingerprint density at radius 2 is 1.97 bits per heavy atom. The standard InChI is InChI=1S/C26H29N7O4/c1-16(2)37-23-7-6-18(10-28-23)17(3)31-25(34)33-13-20(12-30-33)22-8-21(36-15-26(4,5)35)14-32-24(22)19(9-27)11-29-32/h6-8,10-14,16-17,35H,15H2,1-5H3,(H,31,34)/t17-/m0/s1. The number of nitrogens with zero attached hydrogens (tertiary/aromatic N) is 6. The highest BCUT2D eigenvalue weighted by Crippen LogP contribution is 2.31. The zero-order valence-corrected chi connectivity index (χ0v) is 21.3. The number of ether oxygens (including phenoxy) is 2. The Hall–Kier alpha value is -4.43. The Labute approximate surface area is 214 Å². The lowest BCUT2D eigenvalue weighted by molar-refractivity contribution is 0.0283. The minimum absolute atomic E-state index is 0.0197. The van der Waals surface area contributed by atoms with Gasteiger partial charge >= 0.3 is 6.03 Å². The molecule has 0 bridgehead atoms. The first-order valence-corrected chi connectivity index (χ1v) is 11.8. The Balaban J connectivity index is 1.57. The van der Waals surface area contributed by atoms with Gasteiger partial charge in [-0.25, -0.2) is 14.3 Å². The van der Waals surface area contributed by atoms with Crippen LogP contribution in [0.3, 0.4) is 0 Å². The molecular formula is C26H29N7O4. The largest absolute Gasteiger partial charge is 0.489 e. The van der Waals surface area contributed by atoms with Crippen LogP contribution < -0.4 is 14.8 Å². The van der Waals surface area contributed by atoms with E-state index in [2.05, 4.69) is 26.6 Å². The van der Waals surface area contributed by atoms with E-state index in [-0.39, 0.29) is 18.8 Å². The SMILES string of the molecule is CC(C)Oc1ccc([C@H](C)NC(=O)n2cc(-c3cc(OCC(C)(C)O)cn4ncc(C#N)c34)cn2)cn1. The van der Waals surface area contributed by atoms with Crippen molar-refractivity contribution in [2.24, 2.45) is 0 Å². The predicted molar refractivity (Wildman–Crippen MR) is 135 cm³/mol. The minimum atomic E-state index is -1.03. The monoisotopic (exact) mass is 503 g/mol. The van der Waals surface area contributed by atoms with Crippen LogP contribution in [-0.4, -0.2) is 53.8 Å². The summed E-state index contributed by atoms with van der Waals surface area (Å²) in [6.07, 6.45) is 7.89. The van der Waals surface area contributed by atoms with Crippen molar-refractivity contribution in [2.75, 3.05) is 6.61 Å². The van der Waals surface area contributed by atoms with Crippen LogP contribution in [0.4, 0.5) is 4.79 Å². The number of nitriles is 1. The summed E-state index contributed by atoms with van der Waals surface area (Å²) in [6.45, 7) is 9.04. The van der Waals surface area contributed by atoms with Gasteiger partial charge in [0.1, 0.15) is 18.4 Å². The van der Waals surface area contributed by atoms with Gasteiger partial charge < -0.3 is 19.9 Å². The molecule has 0 aliphatic carbocycles. The molecule has 192 valence electrons. The van der Waals surface area contributed by atoms with Crippen LogP contribution >= 0.6 is 0 Å². The maximum Gasteiger partial charge on any atom is 0.342 e. The van der Waals surface area contributed by atoms with E-state index in [0.29, 0.717) is 33.8 Å². The first-order chi connectivity index (χ1) is 17.5. The van der Waals surface area contributed by atoms with E-state index >= 15 is 0 Å². The molecule has 0 unspecified atom stereocenters. The van der Waals surface area contributed by atoms with E-state index in [1.54, 1.807) is 44.6 Å².